The Morgan fingerprint density at radius 2 is 1.14 bits per heavy atom. The number of hydrogen-bond donors (Lipinski definition) is 0. The van der Waals surface area contributed by atoms with E-state index >= 15 is 0 Å². The predicted octanol–water partition coefficient (Wildman–Crippen LogP) is 1.63. The van der Waals surface area contributed by atoms with E-state index in [0.29, 0.717) is 0 Å². The van der Waals surface area contributed by atoms with Gasteiger partial charge in [-0.15, -0.1) is 0 Å². The number of carbonyl (C=O) groups is 2. The fourth-order valence-electron chi connectivity index (χ4n) is 5.60. The van der Waals surface area contributed by atoms with Gasteiger partial charge >= 0.3 is 0 Å². The first-order valence-electron chi connectivity index (χ1n) is 8.29. The van der Waals surface area contributed by atoms with E-state index in [1.165, 1.54) is 0 Å². The molecule has 4 aliphatic rings. The van der Waals surface area contributed by atoms with Gasteiger partial charge in [0, 0.05) is 22.3 Å². The van der Waals surface area contributed by atoms with Gasteiger partial charge in [-0.05, 0) is 49.4 Å². The third-order valence-electron chi connectivity index (χ3n) is 6.37. The molecule has 4 fully saturated rings. The highest BCUT2D eigenvalue weighted by molar-refractivity contribution is 8.02. The summed E-state index contributed by atoms with van der Waals surface area (Å²) in [6.45, 7) is 4.10. The smallest absolute Gasteiger partial charge is 0.222 e. The van der Waals surface area contributed by atoms with E-state index in [4.69, 9.17) is 0 Å². The van der Waals surface area contributed by atoms with Gasteiger partial charge in [0.1, 0.15) is 0 Å². The van der Waals surface area contributed by atoms with E-state index in [1.54, 1.807) is 0 Å². The summed E-state index contributed by atoms with van der Waals surface area (Å²) in [4.78, 5) is 25.3. The highest BCUT2D eigenvalue weighted by atomic mass is 32.2. The van der Waals surface area contributed by atoms with Crippen LogP contribution in [0.4, 0.5) is 0 Å². The standard InChI is InChI=1S/C16H22O4S2/c1-7-3-9-13-10(4-7)16(18)22(20)12-6-8(2)5-11(14(12)13)21(19)15(9)17/h7-14H,3-6H2,1-2H3. The summed E-state index contributed by atoms with van der Waals surface area (Å²) in [6.07, 6.45) is 3.04. The number of hydrogen-bond acceptors (Lipinski definition) is 4. The molecule has 0 aromatic rings. The fraction of sp³-hybridized carbons (Fsp3) is 0.875. The first-order valence-corrected chi connectivity index (χ1v) is 10.7. The Balaban J connectivity index is 1.84. The molecule has 0 spiro atoms. The Hall–Kier alpha value is -0.360. The van der Waals surface area contributed by atoms with Gasteiger partial charge in [0.2, 0.25) is 10.2 Å². The van der Waals surface area contributed by atoms with Crippen molar-refractivity contribution in [2.24, 2.45) is 35.5 Å². The molecular formula is C16H22O4S2. The molecule has 0 radical (unpaired) electrons. The van der Waals surface area contributed by atoms with E-state index in [1.807, 2.05) is 6.92 Å². The summed E-state index contributed by atoms with van der Waals surface area (Å²) in [7, 11) is -2.94. The molecule has 2 aliphatic heterocycles. The molecule has 6 heteroatoms. The average Bonchev–Trinajstić information content (AvgIpc) is 2.48. The predicted molar refractivity (Wildman–Crippen MR) is 84.6 cm³/mol. The van der Waals surface area contributed by atoms with Crippen molar-refractivity contribution in [3.8, 4) is 0 Å². The molecule has 22 heavy (non-hydrogen) atoms. The van der Waals surface area contributed by atoms with Gasteiger partial charge in [0.05, 0.1) is 21.6 Å². The Labute approximate surface area is 135 Å². The third kappa shape index (κ3) is 1.92. The van der Waals surface area contributed by atoms with Crippen LogP contribution in [0.5, 0.6) is 0 Å². The molecule has 122 valence electrons. The zero-order valence-corrected chi connectivity index (χ0v) is 14.5. The van der Waals surface area contributed by atoms with Gasteiger partial charge in [-0.1, -0.05) is 13.8 Å². The molecule has 0 bridgehead atoms. The molecule has 4 rings (SSSR count). The molecule has 6 atom stereocenters. The lowest BCUT2D eigenvalue weighted by Gasteiger charge is -2.56. The lowest BCUT2D eigenvalue weighted by atomic mass is 9.59. The van der Waals surface area contributed by atoms with E-state index in [0.717, 1.165) is 25.7 Å². The largest absolute Gasteiger partial charge is 0.284 e. The van der Waals surface area contributed by atoms with Crippen molar-refractivity contribution in [2.75, 3.05) is 0 Å². The molecule has 2 heterocycles. The van der Waals surface area contributed by atoms with Crippen molar-refractivity contribution in [1.82, 2.24) is 0 Å². The van der Waals surface area contributed by atoms with Crippen LogP contribution in [0.1, 0.15) is 39.5 Å². The van der Waals surface area contributed by atoms with Crippen molar-refractivity contribution in [3.05, 3.63) is 0 Å². The molecule has 2 saturated carbocycles. The average molecular weight is 342 g/mol. The highest BCUT2D eigenvalue weighted by Gasteiger charge is 2.63. The Kier molecular flexibility index (Phi) is 3.50. The summed E-state index contributed by atoms with van der Waals surface area (Å²) in [5.41, 5.74) is 0. The second-order valence-electron chi connectivity index (χ2n) is 7.83. The summed E-state index contributed by atoms with van der Waals surface area (Å²) >= 11 is 0. The molecule has 2 aliphatic carbocycles. The second kappa shape index (κ2) is 5.07. The van der Waals surface area contributed by atoms with Gasteiger partial charge in [-0.2, -0.15) is 0 Å². The van der Waals surface area contributed by atoms with E-state index in [9.17, 15) is 18.0 Å². The van der Waals surface area contributed by atoms with E-state index in [2.05, 4.69) is 6.92 Å². The van der Waals surface area contributed by atoms with Gasteiger partial charge in [0.15, 0.2) is 0 Å². The van der Waals surface area contributed by atoms with Crippen LogP contribution in [-0.2, 0) is 31.2 Å². The van der Waals surface area contributed by atoms with Crippen molar-refractivity contribution in [2.45, 2.75) is 50.0 Å². The van der Waals surface area contributed by atoms with Crippen LogP contribution in [0.15, 0.2) is 0 Å². The maximum Gasteiger partial charge on any atom is 0.222 e. The molecule has 4 nitrogen and oxygen atoms in total. The van der Waals surface area contributed by atoms with Gasteiger partial charge < -0.3 is 0 Å². The topological polar surface area (TPSA) is 68.3 Å². The van der Waals surface area contributed by atoms with E-state index < -0.39 is 21.6 Å². The SMILES string of the molecule is CC1CC2C(=O)S(=O)C3CC(C)CC4C3C2C(C1)C(=O)S4=O. The van der Waals surface area contributed by atoms with Gasteiger partial charge in [-0.25, -0.2) is 0 Å². The Morgan fingerprint density at radius 1 is 0.727 bits per heavy atom. The first kappa shape index (κ1) is 15.2. The molecule has 0 aromatic heterocycles. The summed E-state index contributed by atoms with van der Waals surface area (Å²) < 4.78 is 25.4. The minimum absolute atomic E-state index is 0.00843. The van der Waals surface area contributed by atoms with Gasteiger partial charge in [-0.3, -0.25) is 18.0 Å². The maximum absolute atomic E-state index is 12.7. The van der Waals surface area contributed by atoms with Crippen molar-refractivity contribution < 1.29 is 18.0 Å². The lowest BCUT2D eigenvalue weighted by Crippen LogP contribution is -2.63. The van der Waals surface area contributed by atoms with Crippen LogP contribution >= 0.6 is 0 Å². The summed E-state index contributed by atoms with van der Waals surface area (Å²) in [5, 5.41) is -0.599. The van der Waals surface area contributed by atoms with Crippen molar-refractivity contribution >= 4 is 31.8 Å². The normalized spacial score (nSPS) is 57.4. The third-order valence-corrected chi connectivity index (χ3v) is 9.88. The summed E-state index contributed by atoms with van der Waals surface area (Å²) in [6, 6.07) is 0. The van der Waals surface area contributed by atoms with Crippen LogP contribution in [-0.4, -0.2) is 29.1 Å². The van der Waals surface area contributed by atoms with Crippen molar-refractivity contribution in [3.63, 3.8) is 0 Å². The minimum atomic E-state index is -1.47. The van der Waals surface area contributed by atoms with Crippen LogP contribution in [0, 0.1) is 35.5 Å². The number of carbonyl (C=O) groups excluding carboxylic acids is 2. The number of rotatable bonds is 0. The highest BCUT2D eigenvalue weighted by Crippen LogP contribution is 2.56. The maximum atomic E-state index is 12.7. The van der Waals surface area contributed by atoms with Crippen LogP contribution in [0.2, 0.25) is 0 Å². The van der Waals surface area contributed by atoms with Crippen LogP contribution < -0.4 is 0 Å². The van der Waals surface area contributed by atoms with E-state index in [-0.39, 0.29) is 56.2 Å². The van der Waals surface area contributed by atoms with Crippen LogP contribution in [0.3, 0.4) is 0 Å². The fourth-order valence-corrected chi connectivity index (χ4v) is 9.72. The zero-order valence-electron chi connectivity index (χ0n) is 12.9. The molecule has 2 saturated heterocycles. The second-order valence-corrected chi connectivity index (χ2v) is 11.0. The molecule has 0 amide bonds. The lowest BCUT2D eigenvalue weighted by molar-refractivity contribution is -0.129. The first-order chi connectivity index (χ1) is 10.4. The monoisotopic (exact) mass is 342 g/mol. The zero-order chi connectivity index (χ0) is 15.8. The molecule has 0 aromatic carbocycles. The van der Waals surface area contributed by atoms with Crippen LogP contribution in [0.25, 0.3) is 0 Å². The van der Waals surface area contributed by atoms with Gasteiger partial charge in [0.25, 0.3) is 0 Å². The molecule has 0 N–H and O–H groups in total. The molecule has 6 unspecified atom stereocenters. The van der Waals surface area contributed by atoms with Crippen molar-refractivity contribution in [1.29, 1.82) is 0 Å². The minimum Gasteiger partial charge on any atom is -0.284 e. The Bertz CT molecular complexity index is 501. The quantitative estimate of drug-likeness (QED) is 0.671. The summed E-state index contributed by atoms with van der Waals surface area (Å²) in [5.74, 6) is 0.130. The molecular weight excluding hydrogens is 320 g/mol. The Morgan fingerprint density at radius 3 is 1.59 bits per heavy atom.